The molecule has 1 heterocycles. The van der Waals surface area contributed by atoms with Gasteiger partial charge in [0.15, 0.2) is 0 Å². The summed E-state index contributed by atoms with van der Waals surface area (Å²) < 4.78 is 2.16. The highest BCUT2D eigenvalue weighted by atomic mass is 14.9. The zero-order chi connectivity index (χ0) is 9.26. The molecule has 13 heavy (non-hydrogen) atoms. The van der Waals surface area contributed by atoms with Crippen molar-refractivity contribution in [3.63, 3.8) is 0 Å². The van der Waals surface area contributed by atoms with Gasteiger partial charge in [0.05, 0.1) is 0 Å². The van der Waals surface area contributed by atoms with E-state index in [9.17, 15) is 0 Å². The maximum atomic E-state index is 3.76. The molecule has 0 spiro atoms. The van der Waals surface area contributed by atoms with E-state index in [1.54, 1.807) is 0 Å². The Kier molecular flexibility index (Phi) is 1.93. The van der Waals surface area contributed by atoms with E-state index >= 15 is 0 Å². The van der Waals surface area contributed by atoms with Crippen LogP contribution in [0.15, 0.2) is 43.1 Å². The summed E-state index contributed by atoms with van der Waals surface area (Å²) in [5.41, 5.74) is 2.65. The van der Waals surface area contributed by atoms with Crippen LogP contribution in [0.25, 0.3) is 10.9 Å². The topological polar surface area (TPSA) is 4.93 Å². The van der Waals surface area contributed by atoms with Crippen molar-refractivity contribution in [2.24, 2.45) is 7.05 Å². The van der Waals surface area contributed by atoms with Gasteiger partial charge in [0.25, 0.3) is 0 Å². The second kappa shape index (κ2) is 3.09. The van der Waals surface area contributed by atoms with Gasteiger partial charge >= 0.3 is 0 Å². The molecule has 0 aliphatic carbocycles. The number of hydrogen-bond donors (Lipinski definition) is 0. The monoisotopic (exact) mass is 171 g/mol. The molecule has 0 bridgehead atoms. The second-order valence-electron chi connectivity index (χ2n) is 3.28. The Morgan fingerprint density at radius 2 is 2.15 bits per heavy atom. The minimum atomic E-state index is 0.946. The highest BCUT2D eigenvalue weighted by Gasteiger charge is 2.02. The number of aromatic nitrogens is 1. The van der Waals surface area contributed by atoms with Crippen LogP contribution < -0.4 is 0 Å². The van der Waals surface area contributed by atoms with Gasteiger partial charge in [0.2, 0.25) is 0 Å². The Morgan fingerprint density at radius 3 is 2.92 bits per heavy atom. The summed E-state index contributed by atoms with van der Waals surface area (Å²) in [4.78, 5) is 0. The molecule has 2 aromatic rings. The van der Waals surface area contributed by atoms with E-state index in [0.717, 1.165) is 6.42 Å². The third kappa shape index (κ3) is 1.26. The second-order valence-corrected chi connectivity index (χ2v) is 3.28. The highest BCUT2D eigenvalue weighted by molar-refractivity contribution is 5.84. The van der Waals surface area contributed by atoms with Gasteiger partial charge in [0.1, 0.15) is 0 Å². The van der Waals surface area contributed by atoms with Crippen molar-refractivity contribution in [2.75, 3.05) is 0 Å². The van der Waals surface area contributed by atoms with Gasteiger partial charge in [-0.15, -0.1) is 6.58 Å². The maximum Gasteiger partial charge on any atom is 0.0480 e. The number of rotatable bonds is 2. The molecule has 0 saturated heterocycles. The summed E-state index contributed by atoms with van der Waals surface area (Å²) in [6, 6.07) is 8.45. The Balaban J connectivity index is 2.70. The fourth-order valence-electron chi connectivity index (χ4n) is 1.74. The third-order valence-electron chi connectivity index (χ3n) is 2.34. The molecule has 1 aromatic carbocycles. The quantitative estimate of drug-likeness (QED) is 0.612. The van der Waals surface area contributed by atoms with E-state index < -0.39 is 0 Å². The molecule has 1 aromatic heterocycles. The first-order valence-electron chi connectivity index (χ1n) is 4.47. The summed E-state index contributed by atoms with van der Waals surface area (Å²) in [6.07, 6.45) is 5.06. The van der Waals surface area contributed by atoms with Crippen LogP contribution in [0.2, 0.25) is 0 Å². The number of hydrogen-bond acceptors (Lipinski definition) is 0. The Bertz CT molecular complexity index is 437. The van der Waals surface area contributed by atoms with E-state index in [1.165, 1.54) is 16.5 Å². The van der Waals surface area contributed by atoms with Crippen LogP contribution in [-0.2, 0) is 13.5 Å². The Hall–Kier alpha value is -1.50. The highest BCUT2D eigenvalue weighted by Crippen LogP contribution is 2.20. The molecule has 2 rings (SSSR count). The van der Waals surface area contributed by atoms with Crippen molar-refractivity contribution in [1.29, 1.82) is 0 Å². The van der Waals surface area contributed by atoms with Gasteiger partial charge in [-0.3, -0.25) is 0 Å². The van der Waals surface area contributed by atoms with Crippen LogP contribution in [0.1, 0.15) is 5.56 Å². The zero-order valence-electron chi connectivity index (χ0n) is 7.83. The molecular weight excluding hydrogens is 158 g/mol. The van der Waals surface area contributed by atoms with Gasteiger partial charge in [-0.2, -0.15) is 0 Å². The van der Waals surface area contributed by atoms with Crippen LogP contribution >= 0.6 is 0 Å². The van der Waals surface area contributed by atoms with Crippen molar-refractivity contribution in [3.8, 4) is 0 Å². The van der Waals surface area contributed by atoms with Crippen molar-refractivity contribution in [3.05, 3.63) is 48.7 Å². The van der Waals surface area contributed by atoms with Gasteiger partial charge < -0.3 is 4.57 Å². The predicted octanol–water partition coefficient (Wildman–Crippen LogP) is 2.91. The standard InChI is InChI=1S/C12H13N/c1-3-6-10-9-13(2)12-8-5-4-7-11(10)12/h3-5,7-9H,1,6H2,2H3. The van der Waals surface area contributed by atoms with Crippen molar-refractivity contribution < 1.29 is 0 Å². The molecule has 0 aliphatic rings. The van der Waals surface area contributed by atoms with Crippen LogP contribution in [0, 0.1) is 0 Å². The van der Waals surface area contributed by atoms with Crippen LogP contribution in [0.4, 0.5) is 0 Å². The van der Waals surface area contributed by atoms with Gasteiger partial charge in [-0.25, -0.2) is 0 Å². The lowest BCUT2D eigenvalue weighted by atomic mass is 10.1. The maximum absolute atomic E-state index is 3.76. The average molecular weight is 171 g/mol. The van der Waals surface area contributed by atoms with E-state index in [2.05, 4.69) is 48.7 Å². The van der Waals surface area contributed by atoms with Gasteiger partial charge in [-0.05, 0) is 18.1 Å². The predicted molar refractivity (Wildman–Crippen MR) is 56.8 cm³/mol. The Morgan fingerprint density at radius 1 is 1.38 bits per heavy atom. The Labute approximate surface area is 78.3 Å². The van der Waals surface area contributed by atoms with E-state index in [-0.39, 0.29) is 0 Å². The SMILES string of the molecule is C=CCc1cn(C)c2ccccc12. The molecule has 0 unspecified atom stereocenters. The lowest BCUT2D eigenvalue weighted by Gasteiger charge is -1.93. The first-order valence-corrected chi connectivity index (χ1v) is 4.47. The minimum Gasteiger partial charge on any atom is -0.350 e. The van der Waals surface area contributed by atoms with Gasteiger partial charge in [-0.1, -0.05) is 24.3 Å². The number of para-hydroxylation sites is 1. The zero-order valence-corrected chi connectivity index (χ0v) is 7.83. The molecule has 0 radical (unpaired) electrons. The van der Waals surface area contributed by atoms with Crippen molar-refractivity contribution in [1.82, 2.24) is 4.57 Å². The van der Waals surface area contributed by atoms with Crippen molar-refractivity contribution >= 4 is 10.9 Å². The average Bonchev–Trinajstić information content (AvgIpc) is 2.46. The van der Waals surface area contributed by atoms with E-state index in [4.69, 9.17) is 0 Å². The lowest BCUT2D eigenvalue weighted by Crippen LogP contribution is -1.81. The van der Waals surface area contributed by atoms with Crippen LogP contribution in [0.3, 0.4) is 0 Å². The molecule has 0 saturated carbocycles. The summed E-state index contributed by atoms with van der Waals surface area (Å²) >= 11 is 0. The summed E-state index contributed by atoms with van der Waals surface area (Å²) in [5.74, 6) is 0. The van der Waals surface area contributed by atoms with Crippen LogP contribution in [0.5, 0.6) is 0 Å². The molecule has 0 atom stereocenters. The fourth-order valence-corrected chi connectivity index (χ4v) is 1.74. The largest absolute Gasteiger partial charge is 0.350 e. The summed E-state index contributed by atoms with van der Waals surface area (Å²) in [6.45, 7) is 3.76. The van der Waals surface area contributed by atoms with E-state index in [0.29, 0.717) is 0 Å². The molecule has 0 fully saturated rings. The number of aryl methyl sites for hydroxylation is 1. The first kappa shape index (κ1) is 8.11. The van der Waals surface area contributed by atoms with E-state index in [1.807, 2.05) is 6.08 Å². The third-order valence-corrected chi connectivity index (χ3v) is 2.34. The smallest absolute Gasteiger partial charge is 0.0480 e. The number of fused-ring (bicyclic) bond motifs is 1. The fraction of sp³-hybridized carbons (Fsp3) is 0.167. The summed E-state index contributed by atoms with van der Waals surface area (Å²) in [7, 11) is 2.08. The number of allylic oxidation sites excluding steroid dienone is 1. The number of nitrogens with zero attached hydrogens (tertiary/aromatic N) is 1. The van der Waals surface area contributed by atoms with Gasteiger partial charge in [0, 0.05) is 24.1 Å². The molecule has 0 aliphatic heterocycles. The first-order chi connectivity index (χ1) is 6.33. The van der Waals surface area contributed by atoms with Crippen LogP contribution in [-0.4, -0.2) is 4.57 Å². The normalized spacial score (nSPS) is 10.5. The molecular formula is C12H13N. The molecule has 1 heteroatoms. The minimum absolute atomic E-state index is 0.946. The molecule has 1 nitrogen and oxygen atoms in total. The lowest BCUT2D eigenvalue weighted by molar-refractivity contribution is 0.960. The summed E-state index contributed by atoms with van der Waals surface area (Å²) in [5, 5.41) is 1.34. The molecule has 0 N–H and O–H groups in total. The number of benzene rings is 1. The molecule has 0 amide bonds. The van der Waals surface area contributed by atoms with Crippen molar-refractivity contribution in [2.45, 2.75) is 6.42 Å². The molecule has 66 valence electrons.